The quantitative estimate of drug-likeness (QED) is 0.486. The number of aryl methyl sites for hydroxylation is 1. The van der Waals surface area contributed by atoms with Gasteiger partial charge in [0.25, 0.3) is 10.9 Å². The van der Waals surface area contributed by atoms with E-state index in [2.05, 4.69) is 26.1 Å². The minimum Gasteiger partial charge on any atom is -0.416 e. The van der Waals surface area contributed by atoms with Crippen LogP contribution in [-0.4, -0.2) is 15.1 Å². The summed E-state index contributed by atoms with van der Waals surface area (Å²) in [6.07, 6.45) is 0. The van der Waals surface area contributed by atoms with Crippen LogP contribution in [0.1, 0.15) is 11.5 Å². The number of halogens is 1. The molecule has 0 aliphatic rings. The number of nitro benzene ring substituents is 1. The highest BCUT2D eigenvalue weighted by Gasteiger charge is 2.15. The molecule has 94 valence electrons. The summed E-state index contributed by atoms with van der Waals surface area (Å²) in [5.74, 6) is 1.01. The molecule has 0 saturated heterocycles. The molecule has 18 heavy (non-hydrogen) atoms. The first-order chi connectivity index (χ1) is 8.58. The maximum atomic E-state index is 10.8. The van der Waals surface area contributed by atoms with Gasteiger partial charge in [-0.1, -0.05) is 23.9 Å². The fourth-order valence-corrected chi connectivity index (χ4v) is 2.83. The monoisotopic (exact) mass is 329 g/mol. The molecule has 2 rings (SSSR count). The minimum absolute atomic E-state index is 0.0507. The lowest BCUT2D eigenvalue weighted by Gasteiger charge is -2.02. The summed E-state index contributed by atoms with van der Waals surface area (Å²) >= 11 is 4.58. The lowest BCUT2D eigenvalue weighted by atomic mass is 10.2. The second-order valence-corrected chi connectivity index (χ2v) is 5.10. The Morgan fingerprint density at radius 1 is 1.50 bits per heavy atom. The first-order valence-corrected chi connectivity index (χ1v) is 6.70. The number of aromatic nitrogens is 2. The van der Waals surface area contributed by atoms with E-state index >= 15 is 0 Å². The van der Waals surface area contributed by atoms with Gasteiger partial charge in [-0.3, -0.25) is 10.1 Å². The normalized spacial score (nSPS) is 10.6. The van der Waals surface area contributed by atoms with Crippen molar-refractivity contribution in [3.05, 3.63) is 44.2 Å². The van der Waals surface area contributed by atoms with Crippen LogP contribution >= 0.6 is 27.7 Å². The topological polar surface area (TPSA) is 82.1 Å². The Morgan fingerprint density at radius 2 is 2.28 bits per heavy atom. The predicted octanol–water partition coefficient (Wildman–Crippen LogP) is 3.34. The van der Waals surface area contributed by atoms with Gasteiger partial charge in [-0.2, -0.15) is 0 Å². The van der Waals surface area contributed by atoms with E-state index in [1.165, 1.54) is 17.8 Å². The highest BCUT2D eigenvalue weighted by molar-refractivity contribution is 9.10. The Hall–Kier alpha value is -1.41. The molecule has 1 aromatic carbocycles. The second-order valence-electron chi connectivity index (χ2n) is 3.38. The van der Waals surface area contributed by atoms with Gasteiger partial charge in [0.1, 0.15) is 0 Å². The van der Waals surface area contributed by atoms with Gasteiger partial charge >= 0.3 is 0 Å². The zero-order valence-corrected chi connectivity index (χ0v) is 11.7. The average molecular weight is 330 g/mol. The Kier molecular flexibility index (Phi) is 3.97. The van der Waals surface area contributed by atoms with E-state index in [-0.39, 0.29) is 5.69 Å². The van der Waals surface area contributed by atoms with Crippen molar-refractivity contribution in [1.29, 1.82) is 0 Å². The Balaban J connectivity index is 2.14. The first kappa shape index (κ1) is 13.0. The van der Waals surface area contributed by atoms with Crippen LogP contribution in [0.25, 0.3) is 0 Å². The van der Waals surface area contributed by atoms with E-state index in [1.54, 1.807) is 13.0 Å². The maximum Gasteiger partial charge on any atom is 0.283 e. The molecule has 0 aliphatic carbocycles. The van der Waals surface area contributed by atoms with Gasteiger partial charge in [0, 0.05) is 18.7 Å². The van der Waals surface area contributed by atoms with Gasteiger partial charge in [0.2, 0.25) is 5.89 Å². The number of nitrogens with zero attached hydrogens (tertiary/aromatic N) is 3. The van der Waals surface area contributed by atoms with Crippen molar-refractivity contribution in [1.82, 2.24) is 10.2 Å². The van der Waals surface area contributed by atoms with Gasteiger partial charge in [0.05, 0.1) is 9.40 Å². The van der Waals surface area contributed by atoms with Crippen molar-refractivity contribution in [3.8, 4) is 0 Å². The molecule has 0 bridgehead atoms. The minimum atomic E-state index is -0.422. The molecular formula is C10H8BrN3O3S. The fraction of sp³-hybridized carbons (Fsp3) is 0.200. The molecule has 0 spiro atoms. The van der Waals surface area contributed by atoms with Crippen LogP contribution in [0.5, 0.6) is 0 Å². The summed E-state index contributed by atoms with van der Waals surface area (Å²) < 4.78 is 5.70. The van der Waals surface area contributed by atoms with Crippen LogP contribution in [0.3, 0.4) is 0 Å². The van der Waals surface area contributed by atoms with Crippen molar-refractivity contribution in [2.24, 2.45) is 0 Å². The summed E-state index contributed by atoms with van der Waals surface area (Å²) in [7, 11) is 0. The molecule has 0 atom stereocenters. The molecule has 0 saturated carbocycles. The van der Waals surface area contributed by atoms with Gasteiger partial charge in [-0.15, -0.1) is 10.2 Å². The van der Waals surface area contributed by atoms with Crippen LogP contribution in [-0.2, 0) is 5.75 Å². The zero-order chi connectivity index (χ0) is 13.1. The van der Waals surface area contributed by atoms with E-state index in [4.69, 9.17) is 4.42 Å². The van der Waals surface area contributed by atoms with E-state index in [0.717, 1.165) is 5.56 Å². The highest BCUT2D eigenvalue weighted by Crippen LogP contribution is 2.32. The van der Waals surface area contributed by atoms with Crippen molar-refractivity contribution >= 4 is 33.4 Å². The SMILES string of the molecule is Cc1nnc(SCc2cccc([N+](=O)[O-])c2Br)o1. The second kappa shape index (κ2) is 5.49. The van der Waals surface area contributed by atoms with Crippen LogP contribution < -0.4 is 0 Å². The molecule has 0 aliphatic heterocycles. The lowest BCUT2D eigenvalue weighted by molar-refractivity contribution is -0.385. The van der Waals surface area contributed by atoms with Crippen LogP contribution in [0.4, 0.5) is 5.69 Å². The van der Waals surface area contributed by atoms with Crippen molar-refractivity contribution in [3.63, 3.8) is 0 Å². The van der Waals surface area contributed by atoms with E-state index in [9.17, 15) is 10.1 Å². The number of thioether (sulfide) groups is 1. The summed E-state index contributed by atoms with van der Waals surface area (Å²) in [5, 5.41) is 18.8. The number of hydrogen-bond acceptors (Lipinski definition) is 6. The number of rotatable bonds is 4. The molecule has 8 heteroatoms. The van der Waals surface area contributed by atoms with Gasteiger partial charge in [-0.25, -0.2) is 0 Å². The third-order valence-electron chi connectivity index (χ3n) is 2.11. The standard InChI is InChI=1S/C10H8BrN3O3S/c1-6-12-13-10(17-6)18-5-7-3-2-4-8(9(7)11)14(15)16/h2-4H,5H2,1H3. The van der Waals surface area contributed by atoms with Crippen molar-refractivity contribution in [2.45, 2.75) is 17.9 Å². The summed E-state index contributed by atoms with van der Waals surface area (Å²) in [6.45, 7) is 1.71. The molecule has 0 fully saturated rings. The fourth-order valence-electron chi connectivity index (χ4n) is 1.29. The van der Waals surface area contributed by atoms with Gasteiger partial charge < -0.3 is 4.42 Å². The third kappa shape index (κ3) is 2.88. The predicted molar refractivity (Wildman–Crippen MR) is 69.4 cm³/mol. The van der Waals surface area contributed by atoms with Crippen molar-refractivity contribution in [2.75, 3.05) is 0 Å². The molecule has 0 N–H and O–H groups in total. The molecule has 1 aromatic heterocycles. The molecule has 0 amide bonds. The van der Waals surface area contributed by atoms with Crippen LogP contribution in [0, 0.1) is 17.0 Å². The van der Waals surface area contributed by atoms with E-state index in [1.807, 2.05) is 6.07 Å². The third-order valence-corrected chi connectivity index (χ3v) is 3.90. The zero-order valence-electron chi connectivity index (χ0n) is 9.29. The molecule has 2 aromatic rings. The van der Waals surface area contributed by atoms with Gasteiger partial charge in [0.15, 0.2) is 0 Å². The number of nitro groups is 1. The van der Waals surface area contributed by atoms with Crippen LogP contribution in [0.15, 0.2) is 32.3 Å². The number of benzene rings is 1. The molecule has 1 heterocycles. The molecule has 0 unspecified atom stereocenters. The first-order valence-electron chi connectivity index (χ1n) is 4.92. The average Bonchev–Trinajstić information content (AvgIpc) is 2.73. The Bertz CT molecular complexity index is 587. The number of hydrogen-bond donors (Lipinski definition) is 0. The molecular weight excluding hydrogens is 322 g/mol. The smallest absolute Gasteiger partial charge is 0.283 e. The maximum absolute atomic E-state index is 10.8. The Labute approximate surface area is 115 Å². The highest BCUT2D eigenvalue weighted by atomic mass is 79.9. The van der Waals surface area contributed by atoms with E-state index in [0.29, 0.717) is 21.3 Å². The summed E-state index contributed by atoms with van der Waals surface area (Å²) in [4.78, 5) is 10.4. The Morgan fingerprint density at radius 3 is 2.89 bits per heavy atom. The van der Waals surface area contributed by atoms with Gasteiger partial charge in [-0.05, 0) is 21.5 Å². The molecule has 0 radical (unpaired) electrons. The lowest BCUT2D eigenvalue weighted by Crippen LogP contribution is -1.92. The van der Waals surface area contributed by atoms with E-state index < -0.39 is 4.92 Å². The van der Waals surface area contributed by atoms with Crippen LogP contribution in [0.2, 0.25) is 0 Å². The summed E-state index contributed by atoms with van der Waals surface area (Å²) in [5.41, 5.74) is 0.861. The molecule has 6 nitrogen and oxygen atoms in total. The largest absolute Gasteiger partial charge is 0.416 e. The summed E-state index contributed by atoms with van der Waals surface area (Å²) in [6, 6.07) is 4.92. The van der Waals surface area contributed by atoms with Crippen molar-refractivity contribution < 1.29 is 9.34 Å².